The lowest BCUT2D eigenvalue weighted by atomic mass is 9.96. The maximum atomic E-state index is 12.9. The molecule has 0 bridgehead atoms. The second-order valence-electron chi connectivity index (χ2n) is 4.78. The third kappa shape index (κ3) is 3.93. The van der Waals surface area contributed by atoms with Crippen LogP contribution >= 0.6 is 0 Å². The van der Waals surface area contributed by atoms with Crippen molar-refractivity contribution in [3.8, 4) is 5.75 Å². The van der Waals surface area contributed by atoms with E-state index in [4.69, 9.17) is 14.2 Å². The van der Waals surface area contributed by atoms with Gasteiger partial charge in [0.05, 0.1) is 12.2 Å². The second kappa shape index (κ2) is 8.32. The average Bonchev–Trinajstić information content (AvgIpc) is 2.58. The molecular weight excluding hydrogens is 280 g/mol. The van der Waals surface area contributed by atoms with E-state index in [2.05, 4.69) is 0 Å². The molecule has 116 valence electrons. The monoisotopic (exact) mass is 300 g/mol. The number of carbonyl (C=O) groups excluding carboxylic acids is 1. The van der Waals surface area contributed by atoms with Gasteiger partial charge < -0.3 is 14.2 Å². The van der Waals surface area contributed by atoms with Crippen LogP contribution in [0.15, 0.2) is 48.5 Å². The molecule has 2 aromatic rings. The van der Waals surface area contributed by atoms with Gasteiger partial charge in [0.25, 0.3) is 0 Å². The SMILES string of the molecule is COCCc1cccc(OCOC)c1C(=O)c1ccccc1. The van der Waals surface area contributed by atoms with Gasteiger partial charge in [-0.3, -0.25) is 4.79 Å². The molecule has 0 saturated heterocycles. The Morgan fingerprint density at radius 2 is 1.73 bits per heavy atom. The maximum absolute atomic E-state index is 12.9. The highest BCUT2D eigenvalue weighted by Crippen LogP contribution is 2.26. The van der Waals surface area contributed by atoms with Crippen LogP contribution in [0.25, 0.3) is 0 Å². The van der Waals surface area contributed by atoms with Gasteiger partial charge in [0.2, 0.25) is 0 Å². The number of benzene rings is 2. The maximum Gasteiger partial charge on any atom is 0.197 e. The van der Waals surface area contributed by atoms with E-state index in [1.54, 1.807) is 32.4 Å². The van der Waals surface area contributed by atoms with Crippen LogP contribution in [0.5, 0.6) is 5.75 Å². The Morgan fingerprint density at radius 1 is 0.955 bits per heavy atom. The molecule has 0 atom stereocenters. The van der Waals surface area contributed by atoms with Crippen molar-refractivity contribution in [2.45, 2.75) is 6.42 Å². The van der Waals surface area contributed by atoms with Crippen LogP contribution in [-0.2, 0) is 15.9 Å². The first kappa shape index (κ1) is 16.2. The lowest BCUT2D eigenvalue weighted by Crippen LogP contribution is -2.11. The molecule has 0 aliphatic carbocycles. The lowest BCUT2D eigenvalue weighted by Gasteiger charge is -2.14. The smallest absolute Gasteiger partial charge is 0.197 e. The lowest BCUT2D eigenvalue weighted by molar-refractivity contribution is 0.0502. The van der Waals surface area contributed by atoms with Crippen LogP contribution in [0, 0.1) is 0 Å². The number of methoxy groups -OCH3 is 2. The predicted molar refractivity (Wildman–Crippen MR) is 84.4 cm³/mol. The standard InChI is InChI=1S/C18H20O4/c1-20-12-11-14-9-6-10-16(22-13-21-2)17(14)18(19)15-7-4-3-5-8-15/h3-10H,11-13H2,1-2H3. The van der Waals surface area contributed by atoms with Crippen molar-refractivity contribution in [1.29, 1.82) is 0 Å². The first-order chi connectivity index (χ1) is 10.8. The van der Waals surface area contributed by atoms with Gasteiger partial charge in [-0.15, -0.1) is 0 Å². The summed E-state index contributed by atoms with van der Waals surface area (Å²) in [5.74, 6) is 0.475. The Balaban J connectivity index is 2.42. The van der Waals surface area contributed by atoms with E-state index in [1.165, 1.54) is 0 Å². The number of hydrogen-bond donors (Lipinski definition) is 0. The molecule has 2 aromatic carbocycles. The van der Waals surface area contributed by atoms with Gasteiger partial charge in [-0.1, -0.05) is 42.5 Å². The molecule has 0 radical (unpaired) electrons. The fraction of sp³-hybridized carbons (Fsp3) is 0.278. The molecular formula is C18H20O4. The van der Waals surface area contributed by atoms with Crippen LogP contribution in [0.4, 0.5) is 0 Å². The fourth-order valence-electron chi connectivity index (χ4n) is 2.23. The van der Waals surface area contributed by atoms with E-state index in [-0.39, 0.29) is 12.6 Å². The molecule has 0 aromatic heterocycles. The van der Waals surface area contributed by atoms with E-state index in [1.807, 2.05) is 30.3 Å². The normalized spacial score (nSPS) is 10.5. The van der Waals surface area contributed by atoms with Crippen LogP contribution in [0.1, 0.15) is 21.5 Å². The van der Waals surface area contributed by atoms with E-state index in [0.29, 0.717) is 29.9 Å². The number of rotatable bonds is 8. The number of carbonyl (C=O) groups is 1. The molecule has 0 aliphatic heterocycles. The molecule has 0 heterocycles. The van der Waals surface area contributed by atoms with Crippen molar-refractivity contribution in [3.63, 3.8) is 0 Å². The van der Waals surface area contributed by atoms with E-state index in [9.17, 15) is 4.79 Å². The van der Waals surface area contributed by atoms with Gasteiger partial charge >= 0.3 is 0 Å². The summed E-state index contributed by atoms with van der Waals surface area (Å²) >= 11 is 0. The minimum Gasteiger partial charge on any atom is -0.467 e. The fourth-order valence-corrected chi connectivity index (χ4v) is 2.23. The van der Waals surface area contributed by atoms with Crippen molar-refractivity contribution >= 4 is 5.78 Å². The van der Waals surface area contributed by atoms with Crippen LogP contribution < -0.4 is 4.74 Å². The van der Waals surface area contributed by atoms with Gasteiger partial charge in [-0.25, -0.2) is 0 Å². The highest BCUT2D eigenvalue weighted by Gasteiger charge is 2.19. The van der Waals surface area contributed by atoms with Gasteiger partial charge in [0.1, 0.15) is 5.75 Å². The summed E-state index contributed by atoms with van der Waals surface area (Å²) in [6.45, 7) is 0.644. The Kier molecular flexibility index (Phi) is 6.13. The average molecular weight is 300 g/mol. The molecule has 0 N–H and O–H groups in total. The topological polar surface area (TPSA) is 44.8 Å². The summed E-state index contributed by atoms with van der Waals surface area (Å²) in [5.41, 5.74) is 2.11. The van der Waals surface area contributed by atoms with Crippen LogP contribution in [0.2, 0.25) is 0 Å². The molecule has 4 nitrogen and oxygen atoms in total. The van der Waals surface area contributed by atoms with Crippen molar-refractivity contribution in [3.05, 3.63) is 65.2 Å². The molecule has 0 unspecified atom stereocenters. The van der Waals surface area contributed by atoms with Crippen LogP contribution in [0.3, 0.4) is 0 Å². The van der Waals surface area contributed by atoms with E-state index < -0.39 is 0 Å². The minimum atomic E-state index is -0.0570. The van der Waals surface area contributed by atoms with Gasteiger partial charge in [0, 0.05) is 19.8 Å². The summed E-state index contributed by atoms with van der Waals surface area (Å²) in [7, 11) is 3.19. The first-order valence-electron chi connectivity index (χ1n) is 7.10. The molecule has 2 rings (SSSR count). The summed E-state index contributed by atoms with van der Waals surface area (Å²) in [4.78, 5) is 12.9. The summed E-state index contributed by atoms with van der Waals surface area (Å²) < 4.78 is 15.6. The zero-order valence-corrected chi connectivity index (χ0v) is 12.9. The Bertz CT molecular complexity index is 581. The quantitative estimate of drug-likeness (QED) is 0.555. The summed E-state index contributed by atoms with van der Waals surface area (Å²) in [6, 6.07) is 14.8. The highest BCUT2D eigenvalue weighted by atomic mass is 16.7. The second-order valence-corrected chi connectivity index (χ2v) is 4.78. The Labute approximate surface area is 130 Å². The largest absolute Gasteiger partial charge is 0.467 e. The molecule has 0 amide bonds. The van der Waals surface area contributed by atoms with Crippen LogP contribution in [-0.4, -0.2) is 33.4 Å². The number of ether oxygens (including phenoxy) is 3. The molecule has 0 aliphatic rings. The molecule has 0 spiro atoms. The number of hydrogen-bond acceptors (Lipinski definition) is 4. The minimum absolute atomic E-state index is 0.0570. The highest BCUT2D eigenvalue weighted by molar-refractivity contribution is 6.11. The Hall–Kier alpha value is -2.17. The number of ketones is 1. The van der Waals surface area contributed by atoms with E-state index >= 15 is 0 Å². The van der Waals surface area contributed by atoms with Crippen molar-refractivity contribution in [2.24, 2.45) is 0 Å². The molecule has 22 heavy (non-hydrogen) atoms. The van der Waals surface area contributed by atoms with Gasteiger partial charge in [0.15, 0.2) is 12.6 Å². The summed E-state index contributed by atoms with van der Waals surface area (Å²) in [6.07, 6.45) is 0.647. The third-order valence-electron chi connectivity index (χ3n) is 3.28. The van der Waals surface area contributed by atoms with E-state index in [0.717, 1.165) is 5.56 Å². The zero-order chi connectivity index (χ0) is 15.8. The molecule has 0 fully saturated rings. The van der Waals surface area contributed by atoms with Gasteiger partial charge in [-0.05, 0) is 18.1 Å². The molecule has 0 saturated carbocycles. The van der Waals surface area contributed by atoms with Crippen molar-refractivity contribution in [1.82, 2.24) is 0 Å². The van der Waals surface area contributed by atoms with Gasteiger partial charge in [-0.2, -0.15) is 0 Å². The molecule has 4 heteroatoms. The summed E-state index contributed by atoms with van der Waals surface area (Å²) in [5, 5.41) is 0. The zero-order valence-electron chi connectivity index (χ0n) is 12.9. The first-order valence-corrected chi connectivity index (χ1v) is 7.10. The third-order valence-corrected chi connectivity index (χ3v) is 3.28. The Morgan fingerprint density at radius 3 is 2.41 bits per heavy atom. The van der Waals surface area contributed by atoms with Crippen molar-refractivity contribution in [2.75, 3.05) is 27.6 Å². The van der Waals surface area contributed by atoms with Crippen molar-refractivity contribution < 1.29 is 19.0 Å². The predicted octanol–water partition coefficient (Wildman–Crippen LogP) is 3.09.